The van der Waals surface area contributed by atoms with E-state index >= 15 is 0 Å². The molecule has 4 heteroatoms. The molecule has 94 valence electrons. The normalized spacial score (nSPS) is 14.6. The Morgan fingerprint density at radius 1 is 0.750 bits per heavy atom. The van der Waals surface area contributed by atoms with Crippen LogP contribution in [0.1, 0.15) is 62.3 Å². The second kappa shape index (κ2) is 4.41. The number of nitrogens with zero attached hydrogens (tertiary/aromatic N) is 3. The molecule has 0 spiro atoms. The van der Waals surface area contributed by atoms with E-state index in [1.165, 1.54) is 0 Å². The van der Waals surface area contributed by atoms with E-state index in [4.69, 9.17) is 5.53 Å². The average Bonchev–Trinajstić information content (AvgIpc) is 1.91. The average molecular weight is 332 g/mol. The Bertz CT molecular complexity index is 260. The van der Waals surface area contributed by atoms with E-state index in [1.54, 1.807) is 0 Å². The van der Waals surface area contributed by atoms with Crippen molar-refractivity contribution in [1.82, 2.24) is 0 Å². The molecule has 0 amide bonds. The second-order valence-corrected chi connectivity index (χ2v) is 25.1. The van der Waals surface area contributed by atoms with Crippen molar-refractivity contribution < 1.29 is 0 Å². The van der Waals surface area contributed by atoms with Crippen LogP contribution in [0.3, 0.4) is 0 Å². The summed E-state index contributed by atoms with van der Waals surface area (Å²) in [6.07, 6.45) is 0. The molecule has 0 rings (SSSR count). The van der Waals surface area contributed by atoms with Crippen LogP contribution >= 0.6 is 0 Å². The maximum atomic E-state index is 9.00. The summed E-state index contributed by atoms with van der Waals surface area (Å²) in [4.78, 5) is 3.23. The fraction of sp³-hybridized carbons (Fsp3) is 1.00. The minimum absolute atomic E-state index is 0.122. The van der Waals surface area contributed by atoms with Crippen LogP contribution in [0.25, 0.3) is 10.4 Å². The summed E-state index contributed by atoms with van der Waals surface area (Å²) in [6, 6.07) is 0. The van der Waals surface area contributed by atoms with E-state index < -0.39 is 18.7 Å². The summed E-state index contributed by atoms with van der Waals surface area (Å²) in [5.74, 6) is 0. The Morgan fingerprint density at radius 2 is 1.00 bits per heavy atom. The van der Waals surface area contributed by atoms with Gasteiger partial charge in [0, 0.05) is 0 Å². The summed E-state index contributed by atoms with van der Waals surface area (Å²) in [5, 5.41) is 0. The van der Waals surface area contributed by atoms with Crippen LogP contribution in [0, 0.1) is 0 Å². The molecule has 0 unspecified atom stereocenters. The molecule has 0 N–H and O–H groups in total. The van der Waals surface area contributed by atoms with Crippen molar-refractivity contribution in [3.63, 3.8) is 0 Å². The van der Waals surface area contributed by atoms with Crippen LogP contribution in [0.4, 0.5) is 0 Å². The molecule has 0 aromatic rings. The molecule has 0 radical (unpaired) electrons. The van der Waals surface area contributed by atoms with Gasteiger partial charge in [-0.1, -0.05) is 0 Å². The molecular formula is C12H27N3Sn. The molecule has 16 heavy (non-hydrogen) atoms. The first-order valence-corrected chi connectivity index (χ1v) is 11.4. The van der Waals surface area contributed by atoms with Crippen molar-refractivity contribution in [1.29, 1.82) is 0 Å². The zero-order valence-corrected chi connectivity index (χ0v) is 15.2. The van der Waals surface area contributed by atoms with Gasteiger partial charge in [0.1, 0.15) is 0 Å². The van der Waals surface area contributed by atoms with Crippen molar-refractivity contribution in [2.24, 2.45) is 3.34 Å². The molecule has 0 saturated heterocycles. The van der Waals surface area contributed by atoms with Gasteiger partial charge in [-0.25, -0.2) is 0 Å². The first kappa shape index (κ1) is 16.1. The quantitative estimate of drug-likeness (QED) is 0.258. The van der Waals surface area contributed by atoms with Crippen LogP contribution in [0.15, 0.2) is 3.34 Å². The molecule has 3 nitrogen and oxygen atoms in total. The van der Waals surface area contributed by atoms with Crippen molar-refractivity contribution in [2.75, 3.05) is 0 Å². The first-order valence-electron chi connectivity index (χ1n) is 5.87. The van der Waals surface area contributed by atoms with Gasteiger partial charge in [0.05, 0.1) is 0 Å². The van der Waals surface area contributed by atoms with Gasteiger partial charge < -0.3 is 0 Å². The van der Waals surface area contributed by atoms with Crippen molar-refractivity contribution >= 4 is 18.7 Å². The molecule has 0 fully saturated rings. The summed E-state index contributed by atoms with van der Waals surface area (Å²) in [7, 11) is 0. The Balaban J connectivity index is 6.15. The Hall–Kier alpha value is 0.109. The van der Waals surface area contributed by atoms with Crippen molar-refractivity contribution in [2.45, 2.75) is 72.6 Å². The number of rotatable bonds is 1. The molecule has 0 aliphatic heterocycles. The molecule has 0 heterocycles. The van der Waals surface area contributed by atoms with E-state index in [9.17, 15) is 0 Å². The Morgan fingerprint density at radius 3 is 1.06 bits per heavy atom. The topological polar surface area (TPSA) is 48.8 Å². The van der Waals surface area contributed by atoms with Gasteiger partial charge in [0.15, 0.2) is 0 Å². The zero-order chi connectivity index (χ0) is 13.4. The summed E-state index contributed by atoms with van der Waals surface area (Å²) >= 11 is -3.09. The van der Waals surface area contributed by atoms with Gasteiger partial charge in [-0.15, -0.1) is 0 Å². The summed E-state index contributed by atoms with van der Waals surface area (Å²) < 4.78 is 4.83. The molecule has 0 aromatic heterocycles. The summed E-state index contributed by atoms with van der Waals surface area (Å²) in [6.45, 7) is 20.2. The van der Waals surface area contributed by atoms with Gasteiger partial charge in [-0.2, -0.15) is 0 Å². The van der Waals surface area contributed by atoms with Crippen LogP contribution in [0.5, 0.6) is 0 Å². The van der Waals surface area contributed by atoms with Crippen LogP contribution in [-0.2, 0) is 0 Å². The van der Waals surface area contributed by atoms with E-state index in [0.29, 0.717) is 0 Å². The van der Waals surface area contributed by atoms with Gasteiger partial charge in [-0.05, 0) is 0 Å². The van der Waals surface area contributed by atoms with Crippen molar-refractivity contribution in [3.05, 3.63) is 10.4 Å². The maximum absolute atomic E-state index is 9.00. The fourth-order valence-corrected chi connectivity index (χ4v) is 26.1. The predicted molar refractivity (Wildman–Crippen MR) is 74.0 cm³/mol. The first-order chi connectivity index (χ1) is 6.81. The summed E-state index contributed by atoms with van der Waals surface area (Å²) in [5.41, 5.74) is 9.00. The molecule has 0 aliphatic carbocycles. The number of azide groups is 1. The number of hydrogen-bond donors (Lipinski definition) is 0. The Labute approximate surface area is 105 Å². The van der Waals surface area contributed by atoms with E-state index in [1.807, 2.05) is 0 Å². The molecule has 0 atom stereocenters. The predicted octanol–water partition coefficient (Wildman–Crippen LogP) is 5.64. The monoisotopic (exact) mass is 333 g/mol. The molecule has 0 aromatic carbocycles. The third-order valence-corrected chi connectivity index (χ3v) is 23.1. The van der Waals surface area contributed by atoms with Crippen molar-refractivity contribution in [3.8, 4) is 0 Å². The fourth-order valence-electron chi connectivity index (χ4n) is 3.89. The van der Waals surface area contributed by atoms with E-state index in [2.05, 4.69) is 70.6 Å². The van der Waals surface area contributed by atoms with E-state index in [-0.39, 0.29) is 10.3 Å². The van der Waals surface area contributed by atoms with Gasteiger partial charge in [-0.3, -0.25) is 0 Å². The molecule has 0 aliphatic rings. The second-order valence-electron chi connectivity index (χ2n) is 7.65. The van der Waals surface area contributed by atoms with Crippen LogP contribution < -0.4 is 0 Å². The molecule has 0 bridgehead atoms. The van der Waals surface area contributed by atoms with Gasteiger partial charge in [0.25, 0.3) is 0 Å². The van der Waals surface area contributed by atoms with E-state index in [0.717, 1.165) is 0 Å². The van der Waals surface area contributed by atoms with Crippen LogP contribution in [0.2, 0.25) is 10.3 Å². The standard InChI is InChI=1S/3C4H9.N3.Sn/c3*1-4(2)3;1-3-2;/h3*1-3H3;;/q;;;-1;+1. The third-order valence-electron chi connectivity index (χ3n) is 3.45. The van der Waals surface area contributed by atoms with Gasteiger partial charge in [0.2, 0.25) is 0 Å². The molecular weight excluding hydrogens is 305 g/mol. The number of hydrogen-bond acceptors (Lipinski definition) is 1. The van der Waals surface area contributed by atoms with Crippen LogP contribution in [-0.4, -0.2) is 18.7 Å². The zero-order valence-electron chi connectivity index (χ0n) is 12.3. The third kappa shape index (κ3) is 2.51. The van der Waals surface area contributed by atoms with Gasteiger partial charge >= 0.3 is 105 Å². The minimum atomic E-state index is -3.09. The molecule has 0 saturated carbocycles. The Kier molecular flexibility index (Phi) is 4.44. The SMILES string of the molecule is C[C](C)(C)[Sn]([N]=[N+]=[N-])([C](C)(C)C)[C](C)(C)C.